The topological polar surface area (TPSA) is 0 Å². The van der Waals surface area contributed by atoms with Crippen LogP contribution in [0.15, 0.2) is 36.4 Å². The molecule has 3 aromatic rings. The fourth-order valence-electron chi connectivity index (χ4n) is 11.5. The van der Waals surface area contributed by atoms with Crippen LogP contribution in [0.2, 0.25) is 6.32 Å². The van der Waals surface area contributed by atoms with Gasteiger partial charge in [0.15, 0.2) is 0 Å². The molecule has 0 heterocycles. The molecule has 4 aliphatic rings. The van der Waals surface area contributed by atoms with Gasteiger partial charge in [0, 0.05) is 98.1 Å². The Morgan fingerprint density at radius 2 is 0.770 bits per heavy atom. The third-order valence-electron chi connectivity index (χ3n) is 15.0. The predicted octanol–water partition coefficient (Wildman–Crippen LogP) is 16.1. The van der Waals surface area contributed by atoms with Crippen LogP contribution < -0.4 is 0 Å². The number of hydrogen-bond donors (Lipinski definition) is 0. The van der Waals surface area contributed by atoms with Crippen molar-refractivity contribution in [3.8, 4) is 0 Å². The molecule has 0 N–H and O–H groups in total. The number of aryl methyl sites for hydroxylation is 7. The van der Waals surface area contributed by atoms with Crippen molar-refractivity contribution in [2.45, 2.75) is 203 Å². The molecule has 0 aliphatic heterocycles. The molecule has 328 valence electrons. The molecule has 0 bridgehead atoms. The van der Waals surface area contributed by atoms with Gasteiger partial charge in [-0.3, -0.25) is 0 Å². The zero-order chi connectivity index (χ0) is 41.4. The van der Waals surface area contributed by atoms with E-state index in [1.165, 1.54) is 185 Å². The molecule has 4 radical (unpaired) electrons. The standard InChI is InChI=1S/C24H37.C17H25B.C16H23.3Y/c1-18-7-11-23(12-8-18)24-13-9-21(10-14-24)5-4-6-22-16-19(2)15-20(3)17-22;1-13-4-6-16(7-5-13)11-18-12-17-9-14(2)8-15(3)10-17;1-12-4-6-15(7-5-12)11-16-9-13(2)8-14(3)10-16;;;/h16-18,21,23-24H,4-14H2,1-3H3;9-10,13,16H,4-7,11-12H2,1-3H3;9-10,12,15H,4-7,11H2,1-3H3;;;/q3*-1;;;. The molecule has 0 atom stereocenters. The third kappa shape index (κ3) is 22.6. The minimum absolute atomic E-state index is 0. The maximum Gasteiger partial charge on any atom is 0.112 e. The zero-order valence-electron chi connectivity index (χ0n) is 40.9. The fourth-order valence-corrected chi connectivity index (χ4v) is 11.5. The van der Waals surface area contributed by atoms with Crippen molar-refractivity contribution < 1.29 is 98.1 Å². The average Bonchev–Trinajstić information content (AvgIpc) is 3.17. The van der Waals surface area contributed by atoms with Crippen LogP contribution in [-0.2, 0) is 117 Å². The summed E-state index contributed by atoms with van der Waals surface area (Å²) in [6.07, 6.45) is 31.4. The Morgan fingerprint density at radius 1 is 0.426 bits per heavy atom. The molecule has 0 aromatic heterocycles. The number of rotatable bonds is 11. The fraction of sp³-hybridized carbons (Fsp3) is 0.684. The van der Waals surface area contributed by atoms with E-state index >= 15 is 0 Å². The second-order valence-corrected chi connectivity index (χ2v) is 20.9. The van der Waals surface area contributed by atoms with Crippen LogP contribution in [0.1, 0.15) is 186 Å². The summed E-state index contributed by atoms with van der Waals surface area (Å²) in [6.45, 7) is 20.2. The van der Waals surface area contributed by atoms with Gasteiger partial charge in [-0.15, -0.1) is 0 Å². The summed E-state index contributed by atoms with van der Waals surface area (Å²) >= 11 is 0. The molecular weight excluding hydrogens is 962 g/mol. The largest absolute Gasteiger partial charge is 0.177 e. The molecule has 0 saturated heterocycles. The maximum absolute atomic E-state index is 3.39. The number of hydrogen-bond acceptors (Lipinski definition) is 0. The quantitative estimate of drug-likeness (QED) is 0.133. The van der Waals surface area contributed by atoms with Crippen LogP contribution in [0, 0.1) is 107 Å². The predicted molar refractivity (Wildman–Crippen MR) is 254 cm³/mol. The summed E-state index contributed by atoms with van der Waals surface area (Å²) in [5, 5.41) is 0. The van der Waals surface area contributed by atoms with E-state index in [-0.39, 0.29) is 98.1 Å². The molecular formula is C57H85BY3-3. The molecule has 0 nitrogen and oxygen atoms in total. The normalized spacial score (nSPS) is 26.0. The van der Waals surface area contributed by atoms with Gasteiger partial charge in [-0.05, 0) is 92.3 Å². The van der Waals surface area contributed by atoms with Crippen LogP contribution in [0.4, 0.5) is 0 Å². The molecule has 0 spiro atoms. The molecule has 0 unspecified atom stereocenters. The summed E-state index contributed by atoms with van der Waals surface area (Å²) in [6, 6.07) is 23.9. The monoisotopic (exact) mass is 1050 g/mol. The first-order valence-electron chi connectivity index (χ1n) is 24.7. The van der Waals surface area contributed by atoms with Gasteiger partial charge in [0.25, 0.3) is 0 Å². The zero-order valence-corrected chi connectivity index (χ0v) is 49.5. The first-order valence-corrected chi connectivity index (χ1v) is 24.7. The summed E-state index contributed by atoms with van der Waals surface area (Å²) in [4.78, 5) is 0. The molecule has 4 aliphatic carbocycles. The number of benzene rings is 3. The Labute approximate surface area is 455 Å². The van der Waals surface area contributed by atoms with Gasteiger partial charge >= 0.3 is 0 Å². The van der Waals surface area contributed by atoms with Crippen LogP contribution in [0.3, 0.4) is 0 Å². The molecule has 7 rings (SSSR count). The molecule has 61 heavy (non-hydrogen) atoms. The first kappa shape index (κ1) is 58.2. The summed E-state index contributed by atoms with van der Waals surface area (Å²) in [5.41, 5.74) is 12.2. The van der Waals surface area contributed by atoms with Crippen molar-refractivity contribution in [2.75, 3.05) is 0 Å². The molecule has 4 saturated carbocycles. The van der Waals surface area contributed by atoms with E-state index in [2.05, 4.69) is 124 Å². The van der Waals surface area contributed by atoms with Crippen molar-refractivity contribution in [1.82, 2.24) is 0 Å². The summed E-state index contributed by atoms with van der Waals surface area (Å²) in [5.74, 6) is 7.98. The Morgan fingerprint density at radius 3 is 1.21 bits per heavy atom. The second kappa shape index (κ2) is 31.2. The van der Waals surface area contributed by atoms with E-state index in [9.17, 15) is 0 Å². The van der Waals surface area contributed by atoms with Gasteiger partial charge in [0.2, 0.25) is 0 Å². The first-order chi connectivity index (χ1) is 27.9. The van der Waals surface area contributed by atoms with Gasteiger partial charge in [-0.2, -0.15) is 105 Å². The molecule has 0 amide bonds. The Kier molecular flexibility index (Phi) is 29.7. The minimum Gasteiger partial charge on any atom is -0.177 e. The average molecular weight is 1050 g/mol. The van der Waals surface area contributed by atoms with Gasteiger partial charge in [-0.25, -0.2) is 0 Å². The van der Waals surface area contributed by atoms with Gasteiger partial charge in [0.1, 0.15) is 7.28 Å². The van der Waals surface area contributed by atoms with E-state index < -0.39 is 0 Å². The third-order valence-corrected chi connectivity index (χ3v) is 15.0. The van der Waals surface area contributed by atoms with Crippen LogP contribution in [0.5, 0.6) is 0 Å². The van der Waals surface area contributed by atoms with Crippen molar-refractivity contribution >= 4 is 7.28 Å². The molecule has 4 fully saturated rings. The SMILES string of the molecule is Cc1[c-]c(C)cc(CC2CCC(C)CC2)c1.Cc1[c-]c(C)cc(CCCC2CCC(C3CCC(C)CC3)CC2)c1.Cc1[c-]c(C)cc(C[B]CC2CCC(C)CC2)c1.[Y].[Y].[Y]. The smallest absolute Gasteiger partial charge is 0.112 e. The van der Waals surface area contributed by atoms with E-state index in [1.54, 1.807) is 0 Å². The second-order valence-electron chi connectivity index (χ2n) is 20.9. The van der Waals surface area contributed by atoms with Crippen molar-refractivity contribution in [3.63, 3.8) is 0 Å². The Balaban J connectivity index is 0.000000315. The van der Waals surface area contributed by atoms with Crippen molar-refractivity contribution in [3.05, 3.63) is 105 Å². The summed E-state index contributed by atoms with van der Waals surface area (Å²) in [7, 11) is 2.49. The van der Waals surface area contributed by atoms with E-state index in [0.29, 0.717) is 0 Å². The summed E-state index contributed by atoms with van der Waals surface area (Å²) < 4.78 is 0. The molecule has 3 aromatic carbocycles. The Hall–Kier alpha value is 1.04. The van der Waals surface area contributed by atoms with Gasteiger partial charge < -0.3 is 0 Å². The van der Waals surface area contributed by atoms with E-state index in [1.807, 2.05) is 0 Å². The van der Waals surface area contributed by atoms with Crippen LogP contribution >= 0.6 is 0 Å². The van der Waals surface area contributed by atoms with E-state index in [4.69, 9.17) is 0 Å². The van der Waals surface area contributed by atoms with E-state index in [0.717, 1.165) is 53.7 Å². The Bertz CT molecular complexity index is 1560. The van der Waals surface area contributed by atoms with Crippen LogP contribution in [0.25, 0.3) is 0 Å². The van der Waals surface area contributed by atoms with Gasteiger partial charge in [0.05, 0.1) is 0 Å². The maximum atomic E-state index is 3.39. The van der Waals surface area contributed by atoms with Crippen molar-refractivity contribution in [2.24, 2.45) is 47.3 Å². The minimum atomic E-state index is 0. The van der Waals surface area contributed by atoms with Crippen molar-refractivity contribution in [1.29, 1.82) is 0 Å². The molecule has 4 heteroatoms. The van der Waals surface area contributed by atoms with Gasteiger partial charge in [-0.1, -0.05) is 158 Å². The van der Waals surface area contributed by atoms with Crippen LogP contribution in [-0.4, -0.2) is 7.28 Å².